The summed E-state index contributed by atoms with van der Waals surface area (Å²) < 4.78 is 0. The van der Waals surface area contributed by atoms with E-state index in [9.17, 15) is 15.3 Å². The summed E-state index contributed by atoms with van der Waals surface area (Å²) in [7, 11) is 0. The van der Waals surface area contributed by atoms with E-state index in [1.165, 1.54) is 11.1 Å². The van der Waals surface area contributed by atoms with Gasteiger partial charge in [0.05, 0.1) is 6.10 Å². The molecule has 1 aromatic rings. The summed E-state index contributed by atoms with van der Waals surface area (Å²) in [6.45, 7) is 10.1. The van der Waals surface area contributed by atoms with Crippen LogP contribution in [0.1, 0.15) is 64.5 Å². The average Bonchev–Trinajstić information content (AvgIpc) is 2.56. The van der Waals surface area contributed by atoms with Crippen LogP contribution in [0, 0.1) is 12.8 Å². The lowest BCUT2D eigenvalue weighted by Crippen LogP contribution is -2.16. The molecular formula is C22H34O3. The molecular weight excluding hydrogens is 312 g/mol. The fourth-order valence-corrected chi connectivity index (χ4v) is 2.71. The van der Waals surface area contributed by atoms with Crippen LogP contribution in [0.3, 0.4) is 0 Å². The molecule has 0 fully saturated rings. The van der Waals surface area contributed by atoms with Gasteiger partial charge in [-0.25, -0.2) is 0 Å². The van der Waals surface area contributed by atoms with E-state index < -0.39 is 0 Å². The Kier molecular flexibility index (Phi) is 8.77. The zero-order valence-corrected chi connectivity index (χ0v) is 16.3. The molecule has 3 N–H and O–H groups in total. The van der Waals surface area contributed by atoms with Crippen molar-refractivity contribution in [3.8, 4) is 11.5 Å². The monoisotopic (exact) mass is 346 g/mol. The molecule has 0 radical (unpaired) electrons. The minimum absolute atomic E-state index is 0.220. The first-order valence-electron chi connectivity index (χ1n) is 9.25. The van der Waals surface area contributed by atoms with Gasteiger partial charge in [-0.2, -0.15) is 0 Å². The van der Waals surface area contributed by atoms with Crippen molar-refractivity contribution < 1.29 is 15.3 Å². The van der Waals surface area contributed by atoms with E-state index >= 15 is 0 Å². The Morgan fingerprint density at radius 2 is 1.76 bits per heavy atom. The summed E-state index contributed by atoms with van der Waals surface area (Å²) >= 11 is 0. The third kappa shape index (κ3) is 7.35. The standard InChI is InChI=1S/C22H34O3/c1-6-17(4)20(23)12-16(3)9-7-8-15(2)10-11-19-14-21(24)18(5)13-22(19)25/h9-10,13-14,17,20,23-25H,6-8,11-12H2,1-5H3/b15-10+,16-9+. The second kappa shape index (κ2) is 10.3. The SMILES string of the molecule is CCC(C)C(O)C/C(C)=C/CC/C(C)=C/Cc1cc(O)c(C)cc1O. The number of phenolic OH excluding ortho intramolecular Hbond substituents is 2. The topological polar surface area (TPSA) is 60.7 Å². The van der Waals surface area contributed by atoms with Gasteiger partial charge >= 0.3 is 0 Å². The highest BCUT2D eigenvalue weighted by atomic mass is 16.3. The first-order chi connectivity index (χ1) is 11.7. The Hall–Kier alpha value is -1.74. The molecule has 0 spiro atoms. The smallest absolute Gasteiger partial charge is 0.119 e. The van der Waals surface area contributed by atoms with Crippen LogP contribution in [-0.2, 0) is 6.42 Å². The van der Waals surface area contributed by atoms with Crippen molar-refractivity contribution in [3.05, 3.63) is 46.6 Å². The number of allylic oxidation sites excluding steroid dienone is 3. The molecule has 2 unspecified atom stereocenters. The van der Waals surface area contributed by atoms with Crippen LogP contribution in [0.5, 0.6) is 11.5 Å². The third-order valence-electron chi connectivity index (χ3n) is 4.93. The maximum absolute atomic E-state index is 10.1. The van der Waals surface area contributed by atoms with Crippen molar-refractivity contribution in [3.63, 3.8) is 0 Å². The molecule has 0 heterocycles. The number of hydrogen-bond donors (Lipinski definition) is 3. The molecule has 1 aromatic carbocycles. The Morgan fingerprint density at radius 1 is 1.08 bits per heavy atom. The van der Waals surface area contributed by atoms with Crippen molar-refractivity contribution in [2.45, 2.75) is 72.8 Å². The first-order valence-corrected chi connectivity index (χ1v) is 9.25. The van der Waals surface area contributed by atoms with Crippen molar-refractivity contribution >= 4 is 0 Å². The molecule has 25 heavy (non-hydrogen) atoms. The Labute approximate surface area is 152 Å². The molecule has 0 aliphatic carbocycles. The average molecular weight is 347 g/mol. The third-order valence-corrected chi connectivity index (χ3v) is 4.93. The number of aliphatic hydroxyl groups excluding tert-OH is 1. The van der Waals surface area contributed by atoms with Gasteiger partial charge in [0.15, 0.2) is 0 Å². The van der Waals surface area contributed by atoms with Crippen molar-refractivity contribution in [2.75, 3.05) is 0 Å². The van der Waals surface area contributed by atoms with Gasteiger partial charge in [-0.15, -0.1) is 0 Å². The molecule has 3 heteroatoms. The van der Waals surface area contributed by atoms with Gasteiger partial charge in [-0.1, -0.05) is 43.6 Å². The van der Waals surface area contributed by atoms with Crippen LogP contribution < -0.4 is 0 Å². The second-order valence-corrected chi connectivity index (χ2v) is 7.27. The highest BCUT2D eigenvalue weighted by Crippen LogP contribution is 2.27. The summed E-state index contributed by atoms with van der Waals surface area (Å²) in [6, 6.07) is 3.23. The van der Waals surface area contributed by atoms with E-state index in [4.69, 9.17) is 0 Å². The van der Waals surface area contributed by atoms with Crippen molar-refractivity contribution in [1.82, 2.24) is 0 Å². The lowest BCUT2D eigenvalue weighted by atomic mass is 9.95. The first kappa shape index (κ1) is 21.3. The van der Waals surface area contributed by atoms with Crippen molar-refractivity contribution in [2.24, 2.45) is 5.92 Å². The van der Waals surface area contributed by atoms with Gasteiger partial charge in [-0.3, -0.25) is 0 Å². The van der Waals surface area contributed by atoms with E-state index in [-0.39, 0.29) is 17.6 Å². The van der Waals surface area contributed by atoms with E-state index in [2.05, 4.69) is 39.8 Å². The predicted molar refractivity (Wildman–Crippen MR) is 105 cm³/mol. The van der Waals surface area contributed by atoms with Crippen LogP contribution in [0.2, 0.25) is 0 Å². The predicted octanol–water partition coefficient (Wildman–Crippen LogP) is 5.42. The van der Waals surface area contributed by atoms with Gasteiger partial charge in [0, 0.05) is 5.56 Å². The Morgan fingerprint density at radius 3 is 2.40 bits per heavy atom. The number of benzene rings is 1. The maximum atomic E-state index is 10.1. The summed E-state index contributed by atoms with van der Waals surface area (Å²) in [5, 5.41) is 29.8. The van der Waals surface area contributed by atoms with Crippen molar-refractivity contribution in [1.29, 1.82) is 0 Å². The highest BCUT2D eigenvalue weighted by Gasteiger charge is 2.12. The number of phenols is 2. The van der Waals surface area contributed by atoms with Gasteiger partial charge in [0.1, 0.15) is 11.5 Å². The Balaban J connectivity index is 2.51. The summed E-state index contributed by atoms with van der Waals surface area (Å²) in [4.78, 5) is 0. The molecule has 0 aromatic heterocycles. The van der Waals surface area contributed by atoms with Gasteiger partial charge in [0.25, 0.3) is 0 Å². The van der Waals surface area contributed by atoms with E-state index in [0.29, 0.717) is 17.9 Å². The fraction of sp³-hybridized carbons (Fsp3) is 0.545. The van der Waals surface area contributed by atoms with Crippen LogP contribution in [0.4, 0.5) is 0 Å². The van der Waals surface area contributed by atoms with Gasteiger partial charge < -0.3 is 15.3 Å². The van der Waals surface area contributed by atoms with Crippen LogP contribution >= 0.6 is 0 Å². The molecule has 3 nitrogen and oxygen atoms in total. The quantitative estimate of drug-likeness (QED) is 0.413. The Bertz CT molecular complexity index is 614. The largest absolute Gasteiger partial charge is 0.508 e. The number of aromatic hydroxyl groups is 2. The minimum Gasteiger partial charge on any atom is -0.508 e. The lowest BCUT2D eigenvalue weighted by Gasteiger charge is -2.17. The highest BCUT2D eigenvalue weighted by molar-refractivity contribution is 5.45. The van der Waals surface area contributed by atoms with E-state index in [1.54, 1.807) is 19.1 Å². The summed E-state index contributed by atoms with van der Waals surface area (Å²) in [5.41, 5.74) is 3.92. The molecule has 0 aliphatic heterocycles. The fourth-order valence-electron chi connectivity index (χ4n) is 2.71. The normalized spacial score (nSPS) is 15.3. The zero-order chi connectivity index (χ0) is 19.0. The van der Waals surface area contributed by atoms with Crippen LogP contribution in [0.25, 0.3) is 0 Å². The molecule has 0 bridgehead atoms. The molecule has 2 atom stereocenters. The number of hydrogen-bond acceptors (Lipinski definition) is 3. The maximum Gasteiger partial charge on any atom is 0.119 e. The van der Waals surface area contributed by atoms with Crippen LogP contribution in [0.15, 0.2) is 35.4 Å². The number of aliphatic hydroxyl groups is 1. The zero-order valence-electron chi connectivity index (χ0n) is 16.3. The molecule has 0 amide bonds. The number of aryl methyl sites for hydroxylation is 1. The lowest BCUT2D eigenvalue weighted by molar-refractivity contribution is 0.114. The number of rotatable bonds is 9. The second-order valence-electron chi connectivity index (χ2n) is 7.27. The molecule has 0 aliphatic rings. The summed E-state index contributed by atoms with van der Waals surface area (Å²) in [6.07, 6.45) is 8.31. The van der Waals surface area contributed by atoms with Gasteiger partial charge in [0.2, 0.25) is 0 Å². The molecule has 140 valence electrons. The van der Waals surface area contributed by atoms with E-state index in [0.717, 1.165) is 31.2 Å². The summed E-state index contributed by atoms with van der Waals surface area (Å²) in [5.74, 6) is 0.787. The molecule has 0 saturated heterocycles. The van der Waals surface area contributed by atoms with Crippen LogP contribution in [-0.4, -0.2) is 21.4 Å². The molecule has 0 saturated carbocycles. The molecule has 1 rings (SSSR count). The van der Waals surface area contributed by atoms with E-state index in [1.807, 2.05) is 0 Å². The van der Waals surface area contributed by atoms with Gasteiger partial charge in [-0.05, 0) is 70.1 Å². The minimum atomic E-state index is -0.255.